The highest BCUT2D eigenvalue weighted by Crippen LogP contribution is 2.51. The maximum Gasteiger partial charge on any atom is 0.450 e. The topological polar surface area (TPSA) is 155 Å². The van der Waals surface area contributed by atoms with Crippen LogP contribution in [0.15, 0.2) is 24.3 Å². The average molecular weight is 657 g/mol. The van der Waals surface area contributed by atoms with Crippen LogP contribution in [0.3, 0.4) is 0 Å². The van der Waals surface area contributed by atoms with Gasteiger partial charge in [0.2, 0.25) is 0 Å². The molecule has 2 N–H and O–H groups in total. The summed E-state index contributed by atoms with van der Waals surface area (Å²) < 4.78 is 163. The molecule has 0 aromatic heterocycles. The van der Waals surface area contributed by atoms with E-state index in [1.165, 1.54) is 26.4 Å². The fourth-order valence-electron chi connectivity index (χ4n) is 3.66. The normalized spacial score (nSPS) is 13.4. The molecule has 19 heteroatoms. The van der Waals surface area contributed by atoms with E-state index < -0.39 is 55.6 Å². The van der Waals surface area contributed by atoms with Crippen molar-refractivity contribution in [2.75, 3.05) is 28.4 Å². The van der Waals surface area contributed by atoms with E-state index in [2.05, 4.69) is 4.18 Å². The first-order valence-corrected chi connectivity index (χ1v) is 14.1. The third-order valence-electron chi connectivity index (χ3n) is 5.61. The van der Waals surface area contributed by atoms with Gasteiger partial charge in [-0.05, 0) is 35.4 Å². The van der Waals surface area contributed by atoms with Gasteiger partial charge in [-0.1, -0.05) is 0 Å². The standard InChI is InChI=1S/C23H26F6O11S2/c1-36-9-15-5-13(6-16(10-37-2)19(15)30)14-7-17(11-38-3)20(18(8-14)12-39-4)40-42(34,35)23(28,29)21(24,25)22(26,27)41(31,32)33/h5-8,30H,9-12H2,1-4H3,(H,31,32,33). The second-order valence-corrected chi connectivity index (χ2v) is 11.7. The molecule has 2 aromatic carbocycles. The van der Waals surface area contributed by atoms with Crippen LogP contribution in [-0.2, 0) is 65.6 Å². The van der Waals surface area contributed by atoms with Crippen molar-refractivity contribution in [3.63, 3.8) is 0 Å². The summed E-state index contributed by atoms with van der Waals surface area (Å²) in [4.78, 5) is 0. The molecule has 0 amide bonds. The maximum atomic E-state index is 14.5. The van der Waals surface area contributed by atoms with E-state index in [9.17, 15) is 48.3 Å². The number of ether oxygens (including phenoxy) is 4. The van der Waals surface area contributed by atoms with Crippen LogP contribution in [-0.4, -0.2) is 71.4 Å². The van der Waals surface area contributed by atoms with Crippen molar-refractivity contribution in [2.45, 2.75) is 42.9 Å². The van der Waals surface area contributed by atoms with Gasteiger partial charge < -0.3 is 28.2 Å². The van der Waals surface area contributed by atoms with E-state index in [-0.39, 0.29) is 46.8 Å². The minimum Gasteiger partial charge on any atom is -0.507 e. The number of halogens is 6. The summed E-state index contributed by atoms with van der Waals surface area (Å²) in [6, 6.07) is 5.19. The molecule has 238 valence electrons. The van der Waals surface area contributed by atoms with Crippen LogP contribution in [0, 0.1) is 0 Å². The first-order valence-electron chi connectivity index (χ1n) is 11.2. The van der Waals surface area contributed by atoms with E-state index in [0.29, 0.717) is 5.56 Å². The van der Waals surface area contributed by atoms with Crippen molar-refractivity contribution < 1.29 is 76.0 Å². The van der Waals surface area contributed by atoms with Crippen molar-refractivity contribution in [3.8, 4) is 22.6 Å². The molecule has 0 bridgehead atoms. The number of hydrogen-bond acceptors (Lipinski definition) is 10. The highest BCUT2D eigenvalue weighted by molar-refractivity contribution is 7.88. The molecule has 0 saturated heterocycles. The third kappa shape index (κ3) is 6.61. The minimum atomic E-state index is -7.22. The van der Waals surface area contributed by atoms with Gasteiger partial charge in [0, 0.05) is 50.7 Å². The van der Waals surface area contributed by atoms with E-state index in [0.717, 1.165) is 26.4 Å². The molecule has 0 spiro atoms. The van der Waals surface area contributed by atoms with Crippen LogP contribution in [0.25, 0.3) is 11.1 Å². The predicted molar refractivity (Wildman–Crippen MR) is 132 cm³/mol. The monoisotopic (exact) mass is 656 g/mol. The molecule has 0 heterocycles. The smallest absolute Gasteiger partial charge is 0.450 e. The lowest BCUT2D eigenvalue weighted by Gasteiger charge is -2.30. The van der Waals surface area contributed by atoms with Crippen molar-refractivity contribution in [1.82, 2.24) is 0 Å². The van der Waals surface area contributed by atoms with Crippen molar-refractivity contribution in [2.24, 2.45) is 0 Å². The van der Waals surface area contributed by atoms with Crippen molar-refractivity contribution in [1.29, 1.82) is 0 Å². The van der Waals surface area contributed by atoms with E-state index in [1.54, 1.807) is 0 Å². The Kier molecular flexibility index (Phi) is 10.9. The van der Waals surface area contributed by atoms with Crippen LogP contribution in [0.2, 0.25) is 0 Å². The number of phenolic OH excluding ortho intramolecular Hbond substituents is 1. The summed E-state index contributed by atoms with van der Waals surface area (Å²) in [5.74, 6) is -8.43. The summed E-state index contributed by atoms with van der Waals surface area (Å²) in [5.41, 5.74) is 0.368. The fourth-order valence-corrected chi connectivity index (χ4v) is 5.16. The van der Waals surface area contributed by atoms with Gasteiger partial charge in [0.1, 0.15) is 5.75 Å². The molecule has 0 radical (unpaired) electrons. The summed E-state index contributed by atoms with van der Waals surface area (Å²) >= 11 is 0. The second kappa shape index (κ2) is 12.9. The highest BCUT2D eigenvalue weighted by Gasteiger charge is 2.83. The zero-order chi connectivity index (χ0) is 32.3. The van der Waals surface area contributed by atoms with Gasteiger partial charge in [0.05, 0.1) is 26.4 Å². The molecule has 2 aromatic rings. The Balaban J connectivity index is 2.80. The van der Waals surface area contributed by atoms with Gasteiger partial charge >= 0.3 is 36.7 Å². The number of aromatic hydroxyl groups is 1. The second-order valence-electron chi connectivity index (χ2n) is 8.62. The van der Waals surface area contributed by atoms with Gasteiger partial charge in [-0.25, -0.2) is 0 Å². The number of alkyl halides is 6. The Morgan fingerprint density at radius 1 is 0.643 bits per heavy atom. The Hall–Kier alpha value is -2.68. The molecule has 0 atom stereocenters. The first kappa shape index (κ1) is 35.5. The third-order valence-corrected chi connectivity index (χ3v) is 7.78. The molecule has 0 saturated carbocycles. The van der Waals surface area contributed by atoms with Crippen molar-refractivity contribution in [3.05, 3.63) is 46.5 Å². The molecule has 0 aliphatic carbocycles. The summed E-state index contributed by atoms with van der Waals surface area (Å²) in [7, 11) is -9.46. The quantitative estimate of drug-likeness (QED) is 0.162. The van der Waals surface area contributed by atoms with Crippen LogP contribution >= 0.6 is 0 Å². The van der Waals surface area contributed by atoms with Gasteiger partial charge in [0.25, 0.3) is 0 Å². The van der Waals surface area contributed by atoms with Crippen LogP contribution in [0.1, 0.15) is 22.3 Å². The van der Waals surface area contributed by atoms with Gasteiger partial charge in [-0.2, -0.15) is 43.2 Å². The largest absolute Gasteiger partial charge is 0.507 e. The summed E-state index contributed by atoms with van der Waals surface area (Å²) in [5, 5.41) is -3.34. The molecule has 0 unspecified atom stereocenters. The lowest BCUT2D eigenvalue weighted by molar-refractivity contribution is -0.247. The highest BCUT2D eigenvalue weighted by atomic mass is 32.2. The number of rotatable bonds is 15. The fraction of sp³-hybridized carbons (Fsp3) is 0.478. The lowest BCUT2D eigenvalue weighted by Crippen LogP contribution is -2.61. The van der Waals surface area contributed by atoms with Crippen LogP contribution < -0.4 is 4.18 Å². The number of benzene rings is 2. The SMILES string of the molecule is COCc1cc(-c2cc(COC)c(OS(=O)(=O)C(F)(F)C(F)(F)C(F)(F)S(=O)(=O)O)c(COC)c2)cc(COC)c1O. The summed E-state index contributed by atoms with van der Waals surface area (Å²) in [6.45, 7) is -1.34. The molecule has 0 aliphatic rings. The number of methoxy groups -OCH3 is 4. The van der Waals surface area contributed by atoms with Gasteiger partial charge in [0.15, 0.2) is 5.75 Å². The van der Waals surface area contributed by atoms with Crippen LogP contribution in [0.4, 0.5) is 26.3 Å². The van der Waals surface area contributed by atoms with Crippen molar-refractivity contribution >= 4 is 20.2 Å². The average Bonchev–Trinajstić information content (AvgIpc) is 2.87. The maximum absolute atomic E-state index is 14.5. The minimum absolute atomic E-state index is 0.0663. The molecule has 42 heavy (non-hydrogen) atoms. The van der Waals surface area contributed by atoms with E-state index in [1.807, 2.05) is 0 Å². The zero-order valence-corrected chi connectivity index (χ0v) is 23.9. The Labute approximate surface area is 236 Å². The molecule has 0 fully saturated rings. The summed E-state index contributed by atoms with van der Waals surface area (Å²) in [6.07, 6.45) is 0. The predicted octanol–water partition coefficient (Wildman–Crippen LogP) is 4.06. The Morgan fingerprint density at radius 3 is 1.31 bits per heavy atom. The molecule has 0 aliphatic heterocycles. The molecular weight excluding hydrogens is 630 g/mol. The molecule has 2 rings (SSSR count). The van der Waals surface area contributed by atoms with Gasteiger partial charge in [-0.3, -0.25) is 4.55 Å². The number of phenols is 1. The number of hydrogen-bond donors (Lipinski definition) is 2. The zero-order valence-electron chi connectivity index (χ0n) is 22.3. The first-order chi connectivity index (χ1) is 19.2. The Morgan fingerprint density at radius 2 is 0.976 bits per heavy atom. The lowest BCUT2D eigenvalue weighted by atomic mass is 9.95. The molecular formula is C23H26F6O11S2. The van der Waals surface area contributed by atoms with E-state index in [4.69, 9.17) is 23.5 Å². The van der Waals surface area contributed by atoms with Crippen LogP contribution in [0.5, 0.6) is 11.5 Å². The van der Waals surface area contributed by atoms with E-state index >= 15 is 0 Å². The Bertz CT molecular complexity index is 1440. The van der Waals surface area contributed by atoms with Gasteiger partial charge in [-0.15, -0.1) is 0 Å². The molecule has 11 nitrogen and oxygen atoms in total.